The van der Waals surface area contributed by atoms with Crippen molar-refractivity contribution in [2.75, 3.05) is 11.9 Å². The van der Waals surface area contributed by atoms with Crippen molar-refractivity contribution in [1.82, 2.24) is 15.2 Å². The van der Waals surface area contributed by atoms with Gasteiger partial charge in [0.1, 0.15) is 12.1 Å². The Morgan fingerprint density at radius 1 is 1.35 bits per heavy atom. The van der Waals surface area contributed by atoms with Gasteiger partial charge in [0, 0.05) is 45.2 Å². The maximum absolute atomic E-state index is 13.8. The highest BCUT2D eigenvalue weighted by Crippen LogP contribution is 2.46. The molecule has 2 aromatic rings. The van der Waals surface area contributed by atoms with Crippen molar-refractivity contribution in [2.24, 2.45) is 5.41 Å². The summed E-state index contributed by atoms with van der Waals surface area (Å²) < 4.78 is 8.31. The van der Waals surface area contributed by atoms with Crippen molar-refractivity contribution in [3.63, 3.8) is 0 Å². The van der Waals surface area contributed by atoms with Gasteiger partial charge in [-0.25, -0.2) is 0 Å². The number of rotatable bonds is 5. The largest absolute Gasteiger partial charge is 0.344 e. The third-order valence-corrected chi connectivity index (χ3v) is 6.26. The minimum atomic E-state index is -1.09. The van der Waals surface area contributed by atoms with Crippen molar-refractivity contribution in [1.29, 1.82) is 5.26 Å². The fraction of sp³-hybridized carbons (Fsp3) is 0.423. The van der Waals surface area contributed by atoms with Gasteiger partial charge in [0.25, 0.3) is 0 Å². The molecule has 3 heterocycles. The summed E-state index contributed by atoms with van der Waals surface area (Å²) in [5.74, 6) is -1.25. The Labute approximate surface area is 200 Å². The zero-order valence-corrected chi connectivity index (χ0v) is 19.5. The van der Waals surface area contributed by atoms with Gasteiger partial charge in [-0.2, -0.15) is 5.26 Å². The molecule has 1 fully saturated rings. The molecule has 1 aromatic carbocycles. The molecule has 2 N–H and O–H groups in total. The van der Waals surface area contributed by atoms with Crippen molar-refractivity contribution in [2.45, 2.75) is 57.5 Å². The van der Waals surface area contributed by atoms with Crippen LogP contribution in [0.4, 0.5) is 5.69 Å². The SMILES string of the molecule is [2H][C@H](C(=O)N[C@@H](Cc1cccnc1)C(=O)N1C[C@]2(C[C@H]1C#N)C(=O)Nc1ccccc12)C(C)(C)C. The molecule has 0 radical (unpaired) electrons. The van der Waals surface area contributed by atoms with E-state index in [0.29, 0.717) is 5.69 Å². The zero-order valence-electron chi connectivity index (χ0n) is 20.5. The third kappa shape index (κ3) is 4.51. The van der Waals surface area contributed by atoms with Gasteiger partial charge in [0.2, 0.25) is 17.7 Å². The number of pyridine rings is 1. The topological polar surface area (TPSA) is 115 Å². The smallest absolute Gasteiger partial charge is 0.246 e. The Balaban J connectivity index is 1.65. The number of aromatic nitrogens is 1. The Morgan fingerprint density at radius 3 is 2.79 bits per heavy atom. The lowest BCUT2D eigenvalue weighted by Crippen LogP contribution is -2.52. The second-order valence-corrected chi connectivity index (χ2v) is 10.0. The highest BCUT2D eigenvalue weighted by molar-refractivity contribution is 6.07. The highest BCUT2D eigenvalue weighted by atomic mass is 16.2. The summed E-state index contributed by atoms with van der Waals surface area (Å²) in [5.41, 5.74) is 0.553. The van der Waals surface area contributed by atoms with E-state index in [2.05, 4.69) is 21.7 Å². The highest BCUT2D eigenvalue weighted by Gasteiger charge is 2.56. The number of carbonyl (C=O) groups is 3. The van der Waals surface area contributed by atoms with Crippen LogP contribution in [-0.2, 0) is 26.2 Å². The van der Waals surface area contributed by atoms with Crippen molar-refractivity contribution >= 4 is 23.4 Å². The summed E-state index contributed by atoms with van der Waals surface area (Å²) in [4.78, 5) is 45.3. The summed E-state index contributed by atoms with van der Waals surface area (Å²) >= 11 is 0. The standard InChI is InChI=1S/C26H29N5O3/c1-25(2,3)13-22(32)29-21(11-17-7-6-10-28-15-17)23(33)31-16-26(12-18(31)14-27)19-8-4-5-9-20(19)30-24(26)34/h4-10,15,18,21H,11-13,16H2,1-3H3,(H,29,32)(H,30,34)/t18-,21-,26-/m0/s1/i13D/t13-,18+,21+,26+/m1. The molecule has 2 aliphatic heterocycles. The average molecular weight is 461 g/mol. The number of likely N-dealkylation sites (tertiary alicyclic amines) is 1. The second kappa shape index (κ2) is 8.90. The Kier molecular flexibility index (Phi) is 5.78. The molecule has 0 aliphatic carbocycles. The molecule has 8 nitrogen and oxygen atoms in total. The maximum atomic E-state index is 13.8. The van der Waals surface area contributed by atoms with E-state index in [9.17, 15) is 19.6 Å². The summed E-state index contributed by atoms with van der Waals surface area (Å²) in [6.07, 6.45) is 2.47. The van der Waals surface area contributed by atoms with Crippen LogP contribution in [-0.4, -0.2) is 46.2 Å². The number of hydrogen-bond donors (Lipinski definition) is 2. The molecular weight excluding hydrogens is 430 g/mol. The molecule has 0 bridgehead atoms. The van der Waals surface area contributed by atoms with E-state index in [1.54, 1.807) is 51.4 Å². The van der Waals surface area contributed by atoms with E-state index in [1.165, 1.54) is 4.90 Å². The number of para-hydroxylation sites is 1. The predicted octanol–water partition coefficient (Wildman–Crippen LogP) is 2.56. The molecule has 4 atom stereocenters. The van der Waals surface area contributed by atoms with Gasteiger partial charge in [-0.05, 0) is 28.7 Å². The monoisotopic (exact) mass is 460 g/mol. The van der Waals surface area contributed by atoms with Crippen LogP contribution in [0.3, 0.4) is 0 Å². The van der Waals surface area contributed by atoms with Crippen molar-refractivity contribution in [3.8, 4) is 6.07 Å². The summed E-state index contributed by atoms with van der Waals surface area (Å²) in [5, 5.41) is 15.5. The van der Waals surface area contributed by atoms with Crippen LogP contribution < -0.4 is 10.6 Å². The third-order valence-electron chi connectivity index (χ3n) is 6.26. The lowest BCUT2D eigenvalue weighted by Gasteiger charge is -2.28. The van der Waals surface area contributed by atoms with Gasteiger partial charge in [-0.1, -0.05) is 45.0 Å². The summed E-state index contributed by atoms with van der Waals surface area (Å²) in [7, 11) is 0. The minimum Gasteiger partial charge on any atom is -0.344 e. The normalized spacial score (nSPS) is 23.5. The number of nitrogens with zero attached hydrogens (tertiary/aromatic N) is 3. The quantitative estimate of drug-likeness (QED) is 0.712. The van der Waals surface area contributed by atoms with Crippen LogP contribution in [0.1, 0.15) is 46.1 Å². The molecule has 2 aliphatic rings. The number of hydrogen-bond acceptors (Lipinski definition) is 5. The lowest BCUT2D eigenvalue weighted by molar-refractivity contribution is -0.137. The molecule has 3 amide bonds. The van der Waals surface area contributed by atoms with Crippen LogP contribution in [0, 0.1) is 16.7 Å². The van der Waals surface area contributed by atoms with Gasteiger partial charge in [-0.15, -0.1) is 0 Å². The van der Waals surface area contributed by atoms with E-state index in [1.807, 2.05) is 18.2 Å². The molecule has 4 rings (SSSR count). The first-order chi connectivity index (χ1) is 16.6. The maximum Gasteiger partial charge on any atom is 0.246 e. The van der Waals surface area contributed by atoms with Gasteiger partial charge >= 0.3 is 0 Å². The van der Waals surface area contributed by atoms with Crippen LogP contribution >= 0.6 is 0 Å². The fourth-order valence-corrected chi connectivity index (χ4v) is 4.75. The van der Waals surface area contributed by atoms with Crippen LogP contribution in [0.2, 0.25) is 0 Å². The number of carbonyl (C=O) groups excluding carboxylic acids is 3. The average Bonchev–Trinajstić information content (AvgIpc) is 3.36. The molecule has 8 heteroatoms. The van der Waals surface area contributed by atoms with E-state index in [0.717, 1.165) is 11.1 Å². The van der Waals surface area contributed by atoms with Gasteiger partial charge in [-0.3, -0.25) is 19.4 Å². The van der Waals surface area contributed by atoms with Crippen molar-refractivity contribution < 1.29 is 15.8 Å². The number of fused-ring (bicyclic) bond motifs is 2. The van der Waals surface area contributed by atoms with Crippen LogP contribution in [0.5, 0.6) is 0 Å². The van der Waals surface area contributed by atoms with Crippen LogP contribution in [0.25, 0.3) is 0 Å². The van der Waals surface area contributed by atoms with Gasteiger partial charge in [0.15, 0.2) is 0 Å². The molecule has 34 heavy (non-hydrogen) atoms. The molecule has 0 saturated carbocycles. The number of benzene rings is 1. The van der Waals surface area contributed by atoms with E-state index in [4.69, 9.17) is 1.37 Å². The first kappa shape index (κ1) is 22.1. The summed E-state index contributed by atoms with van der Waals surface area (Å²) in [6, 6.07) is 11.2. The second-order valence-electron chi connectivity index (χ2n) is 10.0. The van der Waals surface area contributed by atoms with Gasteiger partial charge in [0.05, 0.1) is 11.5 Å². The number of nitriles is 1. The van der Waals surface area contributed by atoms with E-state index >= 15 is 0 Å². The van der Waals surface area contributed by atoms with Gasteiger partial charge < -0.3 is 15.5 Å². The van der Waals surface area contributed by atoms with Crippen LogP contribution in [0.15, 0.2) is 48.8 Å². The molecule has 1 spiro atoms. The molecule has 1 saturated heterocycles. The minimum absolute atomic E-state index is 0.0376. The first-order valence-electron chi connectivity index (χ1n) is 11.9. The Bertz CT molecular complexity index is 1190. The van der Waals surface area contributed by atoms with E-state index < -0.39 is 41.1 Å². The Hall–Kier alpha value is -3.73. The van der Waals surface area contributed by atoms with E-state index in [-0.39, 0.29) is 25.3 Å². The van der Waals surface area contributed by atoms with Crippen molar-refractivity contribution in [3.05, 3.63) is 59.9 Å². The first-order valence-corrected chi connectivity index (χ1v) is 11.3. The molecule has 1 aromatic heterocycles. The molecular formula is C26H29N5O3. The number of anilines is 1. The molecule has 176 valence electrons. The Morgan fingerprint density at radius 2 is 2.12 bits per heavy atom. The summed E-state index contributed by atoms with van der Waals surface area (Å²) in [6.45, 7) is 5.40. The number of amides is 3. The number of nitrogens with one attached hydrogen (secondary N) is 2. The zero-order chi connectivity index (χ0) is 25.4. The predicted molar refractivity (Wildman–Crippen MR) is 126 cm³/mol. The molecule has 0 unspecified atom stereocenters. The fourth-order valence-electron chi connectivity index (χ4n) is 4.75. The lowest BCUT2D eigenvalue weighted by atomic mass is 9.80.